The van der Waals surface area contributed by atoms with Gasteiger partial charge in [0.25, 0.3) is 0 Å². The minimum Gasteiger partial charge on any atom is -0.361 e. The monoisotopic (exact) mass is 213 g/mol. The highest BCUT2D eigenvalue weighted by Gasteiger charge is 2.00. The van der Waals surface area contributed by atoms with Crippen LogP contribution in [0.4, 0.5) is 0 Å². The van der Waals surface area contributed by atoms with Crippen LogP contribution < -0.4 is 10.6 Å². The summed E-state index contributed by atoms with van der Waals surface area (Å²) in [4.78, 5) is 4.07. The number of nitrogens with zero attached hydrogens (tertiary/aromatic N) is 3. The summed E-state index contributed by atoms with van der Waals surface area (Å²) < 4.78 is 1.66. The number of rotatable bonds is 3. The first-order chi connectivity index (χ1) is 6.58. The van der Waals surface area contributed by atoms with Crippen molar-refractivity contribution < 1.29 is 0 Å². The number of aryl methyl sites for hydroxylation is 1. The Morgan fingerprint density at radius 2 is 2.36 bits per heavy atom. The first-order valence-corrected chi connectivity index (χ1v) is 4.87. The number of aromatic nitrogens is 3. The zero-order chi connectivity index (χ0) is 10.6. The lowest BCUT2D eigenvalue weighted by atomic mass is 10.4. The third-order valence-electron chi connectivity index (χ3n) is 1.47. The van der Waals surface area contributed by atoms with E-state index >= 15 is 0 Å². The molecule has 0 atom stereocenters. The van der Waals surface area contributed by atoms with Gasteiger partial charge in [-0.1, -0.05) is 0 Å². The lowest BCUT2D eigenvalue weighted by molar-refractivity contribution is 0.695. The number of nitrogens with one attached hydrogen (secondary N) is 2. The molecule has 0 spiro atoms. The first-order valence-electron chi connectivity index (χ1n) is 4.47. The van der Waals surface area contributed by atoms with E-state index in [1.165, 1.54) is 0 Å². The van der Waals surface area contributed by atoms with Crippen molar-refractivity contribution in [1.82, 2.24) is 25.4 Å². The van der Waals surface area contributed by atoms with Gasteiger partial charge in [0.1, 0.15) is 6.33 Å². The molecule has 0 aliphatic heterocycles. The highest BCUT2D eigenvalue weighted by molar-refractivity contribution is 7.80. The Hall–Kier alpha value is -1.17. The molecular formula is C8H15N5S. The summed E-state index contributed by atoms with van der Waals surface area (Å²) in [5.74, 6) is 0.736. The van der Waals surface area contributed by atoms with Crippen LogP contribution in [0, 0.1) is 0 Å². The molecule has 0 amide bonds. The zero-order valence-electron chi connectivity index (χ0n) is 8.61. The minimum absolute atomic E-state index is 0.340. The van der Waals surface area contributed by atoms with Gasteiger partial charge in [0.05, 0.1) is 6.54 Å². The lowest BCUT2D eigenvalue weighted by Crippen LogP contribution is -2.38. The van der Waals surface area contributed by atoms with E-state index in [0.29, 0.717) is 17.7 Å². The Kier molecular flexibility index (Phi) is 3.82. The molecule has 6 heteroatoms. The SMILES string of the molecule is CC(C)NC(=S)NCc1ncn(C)n1. The fourth-order valence-electron chi connectivity index (χ4n) is 0.937. The highest BCUT2D eigenvalue weighted by atomic mass is 32.1. The third kappa shape index (κ3) is 3.69. The average Bonchev–Trinajstić information content (AvgIpc) is 2.47. The molecule has 1 aromatic heterocycles. The van der Waals surface area contributed by atoms with Crippen molar-refractivity contribution in [3.8, 4) is 0 Å². The quantitative estimate of drug-likeness (QED) is 0.702. The minimum atomic E-state index is 0.340. The second-order valence-electron chi connectivity index (χ2n) is 3.32. The van der Waals surface area contributed by atoms with E-state index in [1.807, 2.05) is 20.9 Å². The normalized spacial score (nSPS) is 10.3. The molecule has 0 unspecified atom stereocenters. The third-order valence-corrected chi connectivity index (χ3v) is 1.74. The van der Waals surface area contributed by atoms with Gasteiger partial charge in [-0.2, -0.15) is 5.10 Å². The van der Waals surface area contributed by atoms with Gasteiger partial charge >= 0.3 is 0 Å². The molecule has 1 rings (SSSR count). The van der Waals surface area contributed by atoms with Crippen molar-refractivity contribution in [2.75, 3.05) is 0 Å². The van der Waals surface area contributed by atoms with Crippen LogP contribution in [-0.2, 0) is 13.6 Å². The molecule has 0 aliphatic carbocycles. The van der Waals surface area contributed by atoms with Crippen molar-refractivity contribution in [1.29, 1.82) is 0 Å². The molecule has 0 saturated heterocycles. The van der Waals surface area contributed by atoms with E-state index < -0.39 is 0 Å². The Balaban J connectivity index is 2.30. The van der Waals surface area contributed by atoms with Gasteiger partial charge in [-0.25, -0.2) is 4.98 Å². The highest BCUT2D eigenvalue weighted by Crippen LogP contribution is 1.87. The topological polar surface area (TPSA) is 54.8 Å². The molecule has 0 saturated carbocycles. The van der Waals surface area contributed by atoms with Gasteiger partial charge in [-0.15, -0.1) is 0 Å². The largest absolute Gasteiger partial charge is 0.361 e. The standard InChI is InChI=1S/C8H15N5S/c1-6(2)11-8(14)9-4-7-10-5-13(3)12-7/h5-6H,4H2,1-3H3,(H2,9,11,14). The summed E-state index contributed by atoms with van der Waals surface area (Å²) in [6, 6.07) is 0.340. The molecule has 78 valence electrons. The fraction of sp³-hybridized carbons (Fsp3) is 0.625. The summed E-state index contributed by atoms with van der Waals surface area (Å²) in [6.07, 6.45) is 1.66. The lowest BCUT2D eigenvalue weighted by Gasteiger charge is -2.11. The molecule has 1 aromatic rings. The number of thiocarbonyl (C=S) groups is 1. The summed E-state index contributed by atoms with van der Waals surface area (Å²) in [6.45, 7) is 4.62. The van der Waals surface area contributed by atoms with Crippen molar-refractivity contribution in [2.24, 2.45) is 7.05 Å². The van der Waals surface area contributed by atoms with E-state index in [0.717, 1.165) is 5.82 Å². The second-order valence-corrected chi connectivity index (χ2v) is 3.72. The van der Waals surface area contributed by atoms with Crippen molar-refractivity contribution in [2.45, 2.75) is 26.4 Å². The van der Waals surface area contributed by atoms with Crippen molar-refractivity contribution in [3.05, 3.63) is 12.2 Å². The number of hydrogen-bond donors (Lipinski definition) is 2. The Morgan fingerprint density at radius 3 is 2.86 bits per heavy atom. The van der Waals surface area contributed by atoms with Crippen LogP contribution in [0.15, 0.2) is 6.33 Å². The maximum atomic E-state index is 5.05. The van der Waals surface area contributed by atoms with E-state index in [1.54, 1.807) is 11.0 Å². The molecule has 2 N–H and O–H groups in total. The van der Waals surface area contributed by atoms with Gasteiger partial charge in [0.15, 0.2) is 10.9 Å². The van der Waals surface area contributed by atoms with Gasteiger partial charge < -0.3 is 10.6 Å². The van der Waals surface area contributed by atoms with E-state index in [4.69, 9.17) is 12.2 Å². The summed E-state index contributed by atoms with van der Waals surface area (Å²) in [5.41, 5.74) is 0. The predicted octanol–water partition coefficient (Wildman–Crippen LogP) is 0.188. The Bertz CT molecular complexity index is 306. The fourth-order valence-corrected chi connectivity index (χ4v) is 1.25. The van der Waals surface area contributed by atoms with E-state index in [9.17, 15) is 0 Å². The second kappa shape index (κ2) is 4.90. The van der Waals surface area contributed by atoms with E-state index in [2.05, 4.69) is 20.7 Å². The van der Waals surface area contributed by atoms with Gasteiger partial charge in [0.2, 0.25) is 0 Å². The molecule has 0 bridgehead atoms. The van der Waals surface area contributed by atoms with Crippen LogP contribution in [-0.4, -0.2) is 25.9 Å². The maximum absolute atomic E-state index is 5.05. The molecule has 1 heterocycles. The van der Waals surface area contributed by atoms with Gasteiger partial charge in [-0.3, -0.25) is 4.68 Å². The predicted molar refractivity (Wildman–Crippen MR) is 58.7 cm³/mol. The first kappa shape index (κ1) is 10.9. The van der Waals surface area contributed by atoms with Crippen LogP contribution in [0.25, 0.3) is 0 Å². The summed E-state index contributed by atoms with van der Waals surface area (Å²) in [7, 11) is 1.83. The Labute approximate surface area is 88.9 Å². The van der Waals surface area contributed by atoms with Crippen molar-refractivity contribution >= 4 is 17.3 Å². The van der Waals surface area contributed by atoms with Crippen molar-refractivity contribution in [3.63, 3.8) is 0 Å². The molecule has 0 radical (unpaired) electrons. The smallest absolute Gasteiger partial charge is 0.169 e. The Morgan fingerprint density at radius 1 is 1.64 bits per heavy atom. The maximum Gasteiger partial charge on any atom is 0.169 e. The summed E-state index contributed by atoms with van der Waals surface area (Å²) >= 11 is 5.05. The van der Waals surface area contributed by atoms with Crippen LogP contribution in [0.1, 0.15) is 19.7 Å². The van der Waals surface area contributed by atoms with Crippen LogP contribution in [0.2, 0.25) is 0 Å². The molecule has 14 heavy (non-hydrogen) atoms. The zero-order valence-corrected chi connectivity index (χ0v) is 9.43. The molecular weight excluding hydrogens is 198 g/mol. The molecule has 0 fully saturated rings. The van der Waals surface area contributed by atoms with Crippen LogP contribution in [0.3, 0.4) is 0 Å². The molecule has 0 aliphatic rings. The summed E-state index contributed by atoms with van der Waals surface area (Å²) in [5, 5.41) is 10.9. The molecule has 5 nitrogen and oxygen atoms in total. The number of hydrogen-bond acceptors (Lipinski definition) is 3. The van der Waals surface area contributed by atoms with Crippen LogP contribution >= 0.6 is 12.2 Å². The molecule has 0 aromatic carbocycles. The van der Waals surface area contributed by atoms with E-state index in [-0.39, 0.29) is 0 Å². The van der Waals surface area contributed by atoms with Crippen LogP contribution in [0.5, 0.6) is 0 Å². The van der Waals surface area contributed by atoms with Gasteiger partial charge in [-0.05, 0) is 26.1 Å². The van der Waals surface area contributed by atoms with Gasteiger partial charge in [0, 0.05) is 13.1 Å². The average molecular weight is 213 g/mol.